The maximum Gasteiger partial charge on any atom is 0.192 e. The Morgan fingerprint density at radius 1 is 1.12 bits per heavy atom. The number of thiophene rings is 1. The van der Waals surface area contributed by atoms with Crippen LogP contribution in [0.3, 0.4) is 0 Å². The summed E-state index contributed by atoms with van der Waals surface area (Å²) in [5, 5.41) is 9.76. The zero-order valence-electron chi connectivity index (χ0n) is 14.1. The number of benzene rings is 1. The van der Waals surface area contributed by atoms with Crippen molar-refractivity contribution in [3.8, 4) is 11.4 Å². The Balaban J connectivity index is 1.66. The van der Waals surface area contributed by atoms with Crippen molar-refractivity contribution in [3.63, 3.8) is 0 Å². The van der Waals surface area contributed by atoms with Crippen LogP contribution in [0.15, 0.2) is 64.4 Å². The predicted octanol–water partition coefficient (Wildman–Crippen LogP) is 5.90. The molecule has 0 N–H and O–H groups in total. The minimum atomic E-state index is 0.710. The number of rotatable bonds is 6. The van der Waals surface area contributed by atoms with Crippen LogP contribution in [-0.2, 0) is 12.3 Å². The van der Waals surface area contributed by atoms with Crippen LogP contribution < -0.4 is 0 Å². The second-order valence-electron chi connectivity index (χ2n) is 5.76. The topological polar surface area (TPSA) is 43.9 Å². The number of thioether (sulfide) groups is 1. The fourth-order valence-corrected chi connectivity index (χ4v) is 4.75. The predicted molar refractivity (Wildman–Crippen MR) is 107 cm³/mol. The Bertz CT molecular complexity index is 1010. The summed E-state index contributed by atoms with van der Waals surface area (Å²) in [6, 6.07) is 16.3. The Morgan fingerprint density at radius 2 is 1.96 bits per heavy atom. The highest BCUT2D eigenvalue weighted by molar-refractivity contribution is 7.98. The second kappa shape index (κ2) is 7.70. The molecule has 3 heterocycles. The van der Waals surface area contributed by atoms with Crippen molar-refractivity contribution in [3.05, 3.63) is 75.3 Å². The average molecular weight is 402 g/mol. The molecular weight excluding hydrogens is 386 g/mol. The van der Waals surface area contributed by atoms with Crippen LogP contribution in [0.5, 0.6) is 0 Å². The molecule has 0 bridgehead atoms. The van der Waals surface area contributed by atoms with Crippen LogP contribution in [-0.4, -0.2) is 14.8 Å². The molecule has 0 aliphatic rings. The van der Waals surface area contributed by atoms with Gasteiger partial charge in [0.2, 0.25) is 0 Å². The van der Waals surface area contributed by atoms with Crippen LogP contribution >= 0.6 is 34.7 Å². The first kappa shape index (κ1) is 17.4. The van der Waals surface area contributed by atoms with Gasteiger partial charge in [0.05, 0.1) is 22.7 Å². The van der Waals surface area contributed by atoms with E-state index in [1.54, 1.807) is 29.4 Å². The Morgan fingerprint density at radius 3 is 2.65 bits per heavy atom. The lowest BCUT2D eigenvalue weighted by molar-refractivity contribution is 0.534. The molecular formula is C19H16ClN3OS2. The monoisotopic (exact) mass is 401 g/mol. The van der Waals surface area contributed by atoms with Crippen LogP contribution in [0.25, 0.3) is 11.4 Å². The van der Waals surface area contributed by atoms with Gasteiger partial charge in [-0.2, -0.15) is 0 Å². The number of halogens is 1. The molecule has 0 saturated heterocycles. The smallest absolute Gasteiger partial charge is 0.192 e. The van der Waals surface area contributed by atoms with Gasteiger partial charge in [-0.15, -0.1) is 21.5 Å². The molecule has 0 fully saturated rings. The third-order valence-corrected chi connectivity index (χ3v) is 6.40. The molecule has 1 aromatic carbocycles. The molecule has 26 heavy (non-hydrogen) atoms. The molecule has 0 unspecified atom stereocenters. The van der Waals surface area contributed by atoms with Crippen molar-refractivity contribution < 1.29 is 4.42 Å². The molecule has 4 nitrogen and oxygen atoms in total. The van der Waals surface area contributed by atoms with Crippen molar-refractivity contribution >= 4 is 34.7 Å². The fourth-order valence-electron chi connectivity index (χ4n) is 2.69. The molecule has 0 spiro atoms. The first-order valence-electron chi connectivity index (χ1n) is 8.09. The van der Waals surface area contributed by atoms with E-state index < -0.39 is 0 Å². The van der Waals surface area contributed by atoms with Crippen LogP contribution in [0.2, 0.25) is 4.34 Å². The Labute approximate surface area is 164 Å². The average Bonchev–Trinajstić information content (AvgIpc) is 3.35. The van der Waals surface area contributed by atoms with Crippen molar-refractivity contribution in [2.24, 2.45) is 0 Å². The molecule has 132 valence electrons. The van der Waals surface area contributed by atoms with E-state index in [2.05, 4.69) is 33.0 Å². The van der Waals surface area contributed by atoms with Gasteiger partial charge in [-0.1, -0.05) is 53.7 Å². The van der Waals surface area contributed by atoms with E-state index in [4.69, 9.17) is 16.0 Å². The minimum Gasteiger partial charge on any atom is -0.469 e. The summed E-state index contributed by atoms with van der Waals surface area (Å²) in [7, 11) is 0. The van der Waals surface area contributed by atoms with E-state index >= 15 is 0 Å². The second-order valence-corrected chi connectivity index (χ2v) is 8.51. The summed E-state index contributed by atoms with van der Waals surface area (Å²) in [5.41, 5.74) is 2.18. The van der Waals surface area contributed by atoms with E-state index in [0.717, 1.165) is 32.4 Å². The summed E-state index contributed by atoms with van der Waals surface area (Å²) in [6.07, 6.45) is 1.69. The number of aromatic nitrogens is 3. The van der Waals surface area contributed by atoms with Gasteiger partial charge in [0, 0.05) is 10.6 Å². The summed E-state index contributed by atoms with van der Waals surface area (Å²) < 4.78 is 8.42. The SMILES string of the molecule is Cc1occc1-c1nnc(SCc2ccc(Cl)s2)n1Cc1ccccc1. The normalized spacial score (nSPS) is 11.2. The Kier molecular flexibility index (Phi) is 5.15. The van der Waals surface area contributed by atoms with Crippen molar-refractivity contribution in [1.82, 2.24) is 14.8 Å². The van der Waals surface area contributed by atoms with Gasteiger partial charge in [0.15, 0.2) is 11.0 Å². The van der Waals surface area contributed by atoms with Gasteiger partial charge in [0.1, 0.15) is 5.76 Å². The molecule has 0 aliphatic heterocycles. The highest BCUT2D eigenvalue weighted by Crippen LogP contribution is 2.31. The lowest BCUT2D eigenvalue weighted by atomic mass is 10.2. The van der Waals surface area contributed by atoms with Crippen molar-refractivity contribution in [2.45, 2.75) is 24.4 Å². The number of furan rings is 1. The molecule has 3 aromatic heterocycles. The summed E-state index contributed by atoms with van der Waals surface area (Å²) >= 11 is 9.30. The van der Waals surface area contributed by atoms with Crippen LogP contribution in [0, 0.1) is 6.92 Å². The molecule has 7 heteroatoms. The molecule has 0 radical (unpaired) electrons. The van der Waals surface area contributed by atoms with Crippen molar-refractivity contribution in [1.29, 1.82) is 0 Å². The lowest BCUT2D eigenvalue weighted by Crippen LogP contribution is -2.04. The van der Waals surface area contributed by atoms with Crippen LogP contribution in [0.1, 0.15) is 16.2 Å². The van der Waals surface area contributed by atoms with E-state index in [9.17, 15) is 0 Å². The van der Waals surface area contributed by atoms with Gasteiger partial charge < -0.3 is 4.42 Å². The van der Waals surface area contributed by atoms with E-state index in [0.29, 0.717) is 6.54 Å². The first-order chi connectivity index (χ1) is 12.7. The first-order valence-corrected chi connectivity index (χ1v) is 10.3. The van der Waals surface area contributed by atoms with Gasteiger partial charge in [0.25, 0.3) is 0 Å². The van der Waals surface area contributed by atoms with Gasteiger partial charge in [-0.3, -0.25) is 4.57 Å². The molecule has 4 aromatic rings. The number of hydrogen-bond donors (Lipinski definition) is 0. The minimum absolute atomic E-state index is 0.710. The van der Waals surface area contributed by atoms with E-state index in [-0.39, 0.29) is 0 Å². The third-order valence-electron chi connectivity index (χ3n) is 3.97. The number of hydrogen-bond acceptors (Lipinski definition) is 5. The molecule has 0 saturated carbocycles. The maximum absolute atomic E-state index is 6.04. The van der Waals surface area contributed by atoms with E-state index in [1.807, 2.05) is 37.3 Å². The Hall–Kier alpha value is -2.02. The van der Waals surface area contributed by atoms with Crippen molar-refractivity contribution in [2.75, 3.05) is 0 Å². The van der Waals surface area contributed by atoms with Gasteiger partial charge >= 0.3 is 0 Å². The molecule has 0 atom stereocenters. The van der Waals surface area contributed by atoms with Gasteiger partial charge in [-0.25, -0.2) is 0 Å². The summed E-state index contributed by atoms with van der Waals surface area (Å²) in [6.45, 7) is 2.65. The highest BCUT2D eigenvalue weighted by atomic mass is 35.5. The number of aryl methyl sites for hydroxylation is 1. The molecule has 4 rings (SSSR count). The fraction of sp³-hybridized carbons (Fsp3) is 0.158. The van der Waals surface area contributed by atoms with Gasteiger partial charge in [-0.05, 0) is 30.7 Å². The summed E-state index contributed by atoms with van der Waals surface area (Å²) in [4.78, 5) is 1.22. The maximum atomic E-state index is 6.04. The largest absolute Gasteiger partial charge is 0.469 e. The zero-order chi connectivity index (χ0) is 17.9. The number of nitrogens with zero attached hydrogens (tertiary/aromatic N) is 3. The molecule has 0 aliphatic carbocycles. The molecule has 0 amide bonds. The quantitative estimate of drug-likeness (QED) is 0.377. The van der Waals surface area contributed by atoms with E-state index in [1.165, 1.54) is 10.4 Å². The van der Waals surface area contributed by atoms with Crippen LogP contribution in [0.4, 0.5) is 0 Å². The highest BCUT2D eigenvalue weighted by Gasteiger charge is 2.18. The third kappa shape index (κ3) is 3.72. The summed E-state index contributed by atoms with van der Waals surface area (Å²) in [5.74, 6) is 2.48. The standard InChI is InChI=1S/C19H16ClN3OS2/c1-13-16(9-10-24-13)18-21-22-19(25-12-15-7-8-17(20)26-15)23(18)11-14-5-3-2-4-6-14/h2-10H,11-12H2,1H3. The zero-order valence-corrected chi connectivity index (χ0v) is 16.4. The lowest BCUT2D eigenvalue weighted by Gasteiger charge is -2.10.